The van der Waals surface area contributed by atoms with Crippen molar-refractivity contribution in [1.82, 2.24) is 0 Å². The molecule has 130 valence electrons. The molecule has 3 heteroatoms. The summed E-state index contributed by atoms with van der Waals surface area (Å²) < 4.78 is 0. The molecule has 0 spiro atoms. The van der Waals surface area contributed by atoms with Gasteiger partial charge in [-0.25, -0.2) is 0 Å². The highest BCUT2D eigenvalue weighted by molar-refractivity contribution is 5.75. The first kappa shape index (κ1) is 18.3. The molecule has 1 aliphatic rings. The minimum atomic E-state index is 0.248. The van der Waals surface area contributed by atoms with E-state index in [4.69, 9.17) is 5.73 Å². The zero-order valence-corrected chi connectivity index (χ0v) is 14.8. The Morgan fingerprint density at radius 2 is 1.58 bits per heavy atom. The molecule has 3 rings (SSSR count). The number of phenolic OH excluding ortho intramolecular Hbond substituents is 2. The van der Waals surface area contributed by atoms with Crippen LogP contribution in [-0.4, -0.2) is 10.2 Å². The van der Waals surface area contributed by atoms with Gasteiger partial charge in [0.15, 0.2) is 0 Å². The summed E-state index contributed by atoms with van der Waals surface area (Å²) in [6.45, 7) is 4.34. The van der Waals surface area contributed by atoms with E-state index in [9.17, 15) is 10.2 Å². The Morgan fingerprint density at radius 1 is 0.917 bits per heavy atom. The molecule has 2 aromatic rings. The fourth-order valence-corrected chi connectivity index (χ4v) is 3.51. The number of hydrogen-bond donors (Lipinski definition) is 3. The van der Waals surface area contributed by atoms with Crippen LogP contribution in [0, 0.1) is 0 Å². The van der Waals surface area contributed by atoms with Crippen molar-refractivity contribution in [3.05, 3.63) is 47.5 Å². The summed E-state index contributed by atoms with van der Waals surface area (Å²) in [6, 6.07) is 11.1. The Hall–Kier alpha value is -2.00. The lowest BCUT2D eigenvalue weighted by Gasteiger charge is -2.24. The zero-order valence-electron chi connectivity index (χ0n) is 14.8. The molecule has 0 radical (unpaired) electrons. The van der Waals surface area contributed by atoms with E-state index in [0.717, 1.165) is 35.1 Å². The van der Waals surface area contributed by atoms with Gasteiger partial charge in [-0.1, -0.05) is 51.3 Å². The number of hydrogen-bond acceptors (Lipinski definition) is 3. The van der Waals surface area contributed by atoms with Crippen LogP contribution in [-0.2, 0) is 6.54 Å². The summed E-state index contributed by atoms with van der Waals surface area (Å²) in [4.78, 5) is 0. The van der Waals surface area contributed by atoms with E-state index in [1.165, 1.54) is 19.3 Å². The van der Waals surface area contributed by atoms with Crippen LogP contribution in [0.5, 0.6) is 11.5 Å². The number of para-hydroxylation sites is 1. The minimum Gasteiger partial charge on any atom is -0.508 e. The molecule has 0 atom stereocenters. The van der Waals surface area contributed by atoms with Gasteiger partial charge in [-0.15, -0.1) is 0 Å². The van der Waals surface area contributed by atoms with Crippen molar-refractivity contribution in [3.63, 3.8) is 0 Å². The number of nitrogens with two attached hydrogens (primary N) is 1. The first-order chi connectivity index (χ1) is 11.7. The monoisotopic (exact) mass is 327 g/mol. The van der Waals surface area contributed by atoms with Crippen molar-refractivity contribution in [2.75, 3.05) is 0 Å². The van der Waals surface area contributed by atoms with Crippen molar-refractivity contribution in [2.45, 2.75) is 58.4 Å². The molecule has 24 heavy (non-hydrogen) atoms. The molecule has 1 fully saturated rings. The van der Waals surface area contributed by atoms with Gasteiger partial charge in [0.1, 0.15) is 11.5 Å². The molecular formula is C21H29NO2. The number of benzene rings is 2. The third kappa shape index (κ3) is 3.90. The SMILES string of the molecule is CC.NCc1cc(O)c(C2CCCCC2)cc1-c1ccccc1O. The second kappa shape index (κ2) is 8.74. The van der Waals surface area contributed by atoms with Crippen molar-refractivity contribution in [3.8, 4) is 22.6 Å². The van der Waals surface area contributed by atoms with Gasteiger partial charge < -0.3 is 15.9 Å². The van der Waals surface area contributed by atoms with E-state index >= 15 is 0 Å². The molecule has 3 nitrogen and oxygen atoms in total. The fraction of sp³-hybridized carbons (Fsp3) is 0.429. The van der Waals surface area contributed by atoms with Crippen LogP contribution >= 0.6 is 0 Å². The predicted molar refractivity (Wildman–Crippen MR) is 100 cm³/mol. The highest BCUT2D eigenvalue weighted by Gasteiger charge is 2.21. The lowest BCUT2D eigenvalue weighted by molar-refractivity contribution is 0.414. The van der Waals surface area contributed by atoms with Crippen molar-refractivity contribution in [1.29, 1.82) is 0 Å². The number of phenols is 2. The highest BCUT2D eigenvalue weighted by Crippen LogP contribution is 2.41. The molecule has 0 aromatic heterocycles. The summed E-state index contributed by atoms with van der Waals surface area (Å²) in [5.74, 6) is 0.995. The molecule has 0 heterocycles. The second-order valence-corrected chi connectivity index (χ2v) is 6.12. The van der Waals surface area contributed by atoms with Crippen LogP contribution in [0.4, 0.5) is 0 Å². The summed E-state index contributed by atoms with van der Waals surface area (Å²) in [5, 5.41) is 20.5. The molecule has 1 saturated carbocycles. The maximum Gasteiger partial charge on any atom is 0.123 e. The maximum absolute atomic E-state index is 10.4. The first-order valence-electron chi connectivity index (χ1n) is 9.05. The largest absolute Gasteiger partial charge is 0.508 e. The van der Waals surface area contributed by atoms with Crippen LogP contribution in [0.3, 0.4) is 0 Å². The average Bonchev–Trinajstić information content (AvgIpc) is 2.64. The van der Waals surface area contributed by atoms with Crippen molar-refractivity contribution >= 4 is 0 Å². The van der Waals surface area contributed by atoms with Gasteiger partial charge in [0.25, 0.3) is 0 Å². The van der Waals surface area contributed by atoms with E-state index in [-0.39, 0.29) is 5.75 Å². The average molecular weight is 327 g/mol. The van der Waals surface area contributed by atoms with Gasteiger partial charge in [-0.3, -0.25) is 0 Å². The Kier molecular flexibility index (Phi) is 6.68. The van der Waals surface area contributed by atoms with E-state index in [0.29, 0.717) is 18.2 Å². The summed E-state index contributed by atoms with van der Waals surface area (Å²) >= 11 is 0. The molecule has 2 aromatic carbocycles. The molecular weight excluding hydrogens is 298 g/mol. The van der Waals surface area contributed by atoms with Crippen LogP contribution in [0.15, 0.2) is 36.4 Å². The predicted octanol–water partition coefficient (Wildman–Crippen LogP) is 5.30. The Morgan fingerprint density at radius 3 is 2.21 bits per heavy atom. The highest BCUT2D eigenvalue weighted by atomic mass is 16.3. The molecule has 0 saturated heterocycles. The fourth-order valence-electron chi connectivity index (χ4n) is 3.51. The first-order valence-corrected chi connectivity index (χ1v) is 9.05. The smallest absolute Gasteiger partial charge is 0.123 e. The van der Waals surface area contributed by atoms with E-state index in [1.54, 1.807) is 12.1 Å². The summed E-state index contributed by atoms with van der Waals surface area (Å²) in [5.41, 5.74) is 9.41. The van der Waals surface area contributed by atoms with Crippen LogP contribution in [0.2, 0.25) is 0 Å². The van der Waals surface area contributed by atoms with Crippen molar-refractivity contribution < 1.29 is 10.2 Å². The standard InChI is InChI=1S/C19H23NO2.C2H6/c20-12-14-10-19(22)17(13-6-2-1-3-7-13)11-16(14)15-8-4-5-9-18(15)21;1-2/h4-5,8-11,13,21-22H,1-3,6-7,12,20H2;1-2H3. The summed E-state index contributed by atoms with van der Waals surface area (Å²) in [6.07, 6.45) is 5.96. The lowest BCUT2D eigenvalue weighted by atomic mass is 9.82. The molecule has 0 bridgehead atoms. The van der Waals surface area contributed by atoms with Gasteiger partial charge in [-0.2, -0.15) is 0 Å². The Labute approximate surface area is 145 Å². The minimum absolute atomic E-state index is 0.248. The number of aromatic hydroxyl groups is 2. The molecule has 1 aliphatic carbocycles. The maximum atomic E-state index is 10.4. The topological polar surface area (TPSA) is 66.5 Å². The van der Waals surface area contributed by atoms with Gasteiger partial charge >= 0.3 is 0 Å². The van der Waals surface area contributed by atoms with Gasteiger partial charge in [-0.05, 0) is 53.6 Å². The van der Waals surface area contributed by atoms with Crippen LogP contribution in [0.1, 0.15) is 63.0 Å². The van der Waals surface area contributed by atoms with Gasteiger partial charge in [0, 0.05) is 12.1 Å². The van der Waals surface area contributed by atoms with Crippen LogP contribution in [0.25, 0.3) is 11.1 Å². The third-order valence-electron chi connectivity index (χ3n) is 4.71. The van der Waals surface area contributed by atoms with E-state index in [1.807, 2.05) is 38.1 Å². The third-order valence-corrected chi connectivity index (χ3v) is 4.71. The van der Waals surface area contributed by atoms with E-state index in [2.05, 4.69) is 0 Å². The molecule has 4 N–H and O–H groups in total. The summed E-state index contributed by atoms with van der Waals surface area (Å²) in [7, 11) is 0. The van der Waals surface area contributed by atoms with Gasteiger partial charge in [0.05, 0.1) is 0 Å². The molecule has 0 amide bonds. The van der Waals surface area contributed by atoms with Crippen LogP contribution < -0.4 is 5.73 Å². The molecule has 0 aliphatic heterocycles. The Balaban J connectivity index is 0.00000100. The van der Waals surface area contributed by atoms with E-state index < -0.39 is 0 Å². The zero-order chi connectivity index (χ0) is 17.5. The van der Waals surface area contributed by atoms with Gasteiger partial charge in [0.2, 0.25) is 0 Å². The quantitative estimate of drug-likeness (QED) is 0.717. The van der Waals surface area contributed by atoms with Crippen molar-refractivity contribution in [2.24, 2.45) is 5.73 Å². The number of rotatable bonds is 3. The lowest BCUT2D eigenvalue weighted by Crippen LogP contribution is -2.07. The molecule has 0 unspecified atom stereocenters. The second-order valence-electron chi connectivity index (χ2n) is 6.12. The Bertz CT molecular complexity index is 661. The normalized spacial score (nSPS) is 14.8.